The maximum Gasteiger partial charge on any atom is 0.251 e. The fourth-order valence-corrected chi connectivity index (χ4v) is 4.05. The summed E-state index contributed by atoms with van der Waals surface area (Å²) < 4.78 is 2.09. The highest BCUT2D eigenvalue weighted by Gasteiger charge is 2.17. The zero-order valence-corrected chi connectivity index (χ0v) is 17.2. The summed E-state index contributed by atoms with van der Waals surface area (Å²) in [4.78, 5) is 17.6. The summed E-state index contributed by atoms with van der Waals surface area (Å²) in [5.74, 6) is 0.676. The van der Waals surface area contributed by atoms with Crippen LogP contribution in [0.5, 0.6) is 0 Å². The maximum atomic E-state index is 12.8. The summed E-state index contributed by atoms with van der Waals surface area (Å²) >= 11 is 0. The summed E-state index contributed by atoms with van der Waals surface area (Å²) in [6.45, 7) is 1.89. The Morgan fingerprint density at radius 3 is 2.55 bits per heavy atom. The number of aromatic nitrogens is 2. The topological polar surface area (TPSA) is 71.0 Å². The molecule has 0 atom stereocenters. The van der Waals surface area contributed by atoms with Crippen molar-refractivity contribution in [3.8, 4) is 5.69 Å². The van der Waals surface area contributed by atoms with E-state index in [0.29, 0.717) is 11.5 Å². The Balaban J connectivity index is 1.44. The minimum atomic E-state index is -0.0351. The zero-order chi connectivity index (χ0) is 21.0. The average Bonchev–Trinajstić information content (AvgIpc) is 3.18. The van der Waals surface area contributed by atoms with E-state index in [-0.39, 0.29) is 11.9 Å². The van der Waals surface area contributed by atoms with Crippen LogP contribution in [0.15, 0.2) is 78.9 Å². The molecule has 31 heavy (non-hydrogen) atoms. The molecular weight excluding hydrogens is 386 g/mol. The lowest BCUT2D eigenvalue weighted by Crippen LogP contribution is -2.42. The highest BCUT2D eigenvalue weighted by atomic mass is 16.1. The molecule has 6 heteroatoms. The van der Waals surface area contributed by atoms with Crippen LogP contribution in [-0.2, 0) is 0 Å². The number of benzene rings is 3. The van der Waals surface area contributed by atoms with E-state index in [9.17, 15) is 4.79 Å². The third-order valence-corrected chi connectivity index (χ3v) is 5.63. The first-order valence-electron chi connectivity index (χ1n) is 10.7. The number of carbonyl (C=O) groups excluding carboxylic acids is 1. The molecule has 6 nitrogen and oxygen atoms in total. The minimum Gasteiger partial charge on any atom is -0.349 e. The number of para-hydroxylation sites is 3. The molecule has 0 spiro atoms. The molecule has 1 amide bonds. The van der Waals surface area contributed by atoms with Crippen LogP contribution in [0.3, 0.4) is 0 Å². The van der Waals surface area contributed by atoms with Crippen molar-refractivity contribution in [3.63, 3.8) is 0 Å². The predicted molar refractivity (Wildman–Crippen MR) is 124 cm³/mol. The molecule has 1 saturated heterocycles. The van der Waals surface area contributed by atoms with Crippen LogP contribution in [0, 0.1) is 0 Å². The fourth-order valence-electron chi connectivity index (χ4n) is 4.05. The molecule has 0 bridgehead atoms. The molecule has 0 unspecified atom stereocenters. The average molecular weight is 412 g/mol. The summed E-state index contributed by atoms with van der Waals surface area (Å²) in [5.41, 5.74) is 4.43. The molecule has 2 heterocycles. The summed E-state index contributed by atoms with van der Waals surface area (Å²) in [5, 5.41) is 9.90. The van der Waals surface area contributed by atoms with Gasteiger partial charge < -0.3 is 16.0 Å². The second-order valence-electron chi connectivity index (χ2n) is 7.80. The largest absolute Gasteiger partial charge is 0.349 e. The summed E-state index contributed by atoms with van der Waals surface area (Å²) in [6, 6.07) is 26.0. The van der Waals surface area contributed by atoms with Gasteiger partial charge in [-0.2, -0.15) is 0 Å². The van der Waals surface area contributed by atoms with E-state index >= 15 is 0 Å². The number of rotatable bonds is 5. The number of nitrogens with zero attached hydrogens (tertiary/aromatic N) is 2. The molecular formula is C25H25N5O. The van der Waals surface area contributed by atoms with Crippen LogP contribution < -0.4 is 16.0 Å². The van der Waals surface area contributed by atoms with E-state index in [1.165, 1.54) is 0 Å². The number of anilines is 2. The molecule has 156 valence electrons. The van der Waals surface area contributed by atoms with Crippen molar-refractivity contribution >= 4 is 28.6 Å². The molecule has 0 aliphatic carbocycles. The van der Waals surface area contributed by atoms with E-state index in [1.54, 1.807) is 0 Å². The number of imidazole rings is 1. The second kappa shape index (κ2) is 8.62. The van der Waals surface area contributed by atoms with Gasteiger partial charge in [0.1, 0.15) is 0 Å². The molecule has 1 fully saturated rings. The van der Waals surface area contributed by atoms with Gasteiger partial charge in [-0.25, -0.2) is 4.98 Å². The Hall–Kier alpha value is -3.64. The maximum absolute atomic E-state index is 12.8. The summed E-state index contributed by atoms with van der Waals surface area (Å²) in [7, 11) is 0. The molecule has 1 aromatic heterocycles. The Morgan fingerprint density at radius 2 is 1.71 bits per heavy atom. The first kappa shape index (κ1) is 19.3. The Morgan fingerprint density at radius 1 is 0.935 bits per heavy atom. The molecule has 3 N–H and O–H groups in total. The summed E-state index contributed by atoms with van der Waals surface area (Å²) in [6.07, 6.45) is 1.93. The van der Waals surface area contributed by atoms with Crippen molar-refractivity contribution in [1.82, 2.24) is 20.2 Å². The van der Waals surface area contributed by atoms with Crippen molar-refractivity contribution in [1.29, 1.82) is 0 Å². The highest BCUT2D eigenvalue weighted by molar-refractivity contribution is 5.95. The molecule has 0 radical (unpaired) electrons. The standard InChI is InChI=1S/C25H25N5O/c31-24(27-19-13-15-26-16-14-19)18-7-6-8-20(17-18)28-25-29-22-11-4-5-12-23(22)30(25)21-9-2-1-3-10-21/h1-12,17,19,26H,13-16H2,(H,27,31)(H,28,29). The first-order chi connectivity index (χ1) is 15.3. The molecule has 0 saturated carbocycles. The van der Waals surface area contributed by atoms with Gasteiger partial charge in [0.05, 0.1) is 11.0 Å². The highest BCUT2D eigenvalue weighted by Crippen LogP contribution is 2.27. The number of fused-ring (bicyclic) bond motifs is 1. The van der Waals surface area contributed by atoms with Gasteiger partial charge in [0.15, 0.2) is 0 Å². The second-order valence-corrected chi connectivity index (χ2v) is 7.80. The van der Waals surface area contributed by atoms with Crippen molar-refractivity contribution < 1.29 is 4.79 Å². The first-order valence-corrected chi connectivity index (χ1v) is 10.7. The smallest absolute Gasteiger partial charge is 0.251 e. The zero-order valence-electron chi connectivity index (χ0n) is 17.2. The normalized spacial score (nSPS) is 14.5. The number of amides is 1. The van der Waals surface area contributed by atoms with Crippen LogP contribution in [0.1, 0.15) is 23.2 Å². The van der Waals surface area contributed by atoms with Crippen molar-refractivity contribution in [2.24, 2.45) is 0 Å². The van der Waals surface area contributed by atoms with Crippen LogP contribution in [0.25, 0.3) is 16.7 Å². The number of nitrogens with one attached hydrogen (secondary N) is 3. The van der Waals surface area contributed by atoms with E-state index in [2.05, 4.69) is 38.7 Å². The Bertz CT molecular complexity index is 1200. The third-order valence-electron chi connectivity index (χ3n) is 5.63. The SMILES string of the molecule is O=C(NC1CCNCC1)c1cccc(Nc2nc3ccccc3n2-c2ccccc2)c1. The molecule has 3 aromatic carbocycles. The van der Waals surface area contributed by atoms with E-state index in [1.807, 2.05) is 60.7 Å². The molecule has 4 aromatic rings. The Labute approximate surface area is 181 Å². The number of hydrogen-bond acceptors (Lipinski definition) is 4. The number of piperidine rings is 1. The minimum absolute atomic E-state index is 0.0351. The van der Waals surface area contributed by atoms with Gasteiger partial charge in [-0.15, -0.1) is 0 Å². The lowest BCUT2D eigenvalue weighted by Gasteiger charge is -2.23. The van der Waals surface area contributed by atoms with Gasteiger partial charge in [-0.05, 0) is 68.4 Å². The van der Waals surface area contributed by atoms with Crippen LogP contribution in [-0.4, -0.2) is 34.6 Å². The number of hydrogen-bond donors (Lipinski definition) is 3. The van der Waals surface area contributed by atoms with E-state index in [4.69, 9.17) is 4.98 Å². The van der Waals surface area contributed by atoms with E-state index < -0.39 is 0 Å². The van der Waals surface area contributed by atoms with Crippen LogP contribution in [0.2, 0.25) is 0 Å². The van der Waals surface area contributed by atoms with Gasteiger partial charge in [0.25, 0.3) is 5.91 Å². The third kappa shape index (κ3) is 4.15. The number of carbonyl (C=O) groups is 1. The van der Waals surface area contributed by atoms with Gasteiger partial charge >= 0.3 is 0 Å². The van der Waals surface area contributed by atoms with Gasteiger partial charge in [0, 0.05) is 23.0 Å². The van der Waals surface area contributed by atoms with Crippen molar-refractivity contribution in [2.45, 2.75) is 18.9 Å². The van der Waals surface area contributed by atoms with Crippen molar-refractivity contribution in [3.05, 3.63) is 84.4 Å². The predicted octanol–water partition coefficient (Wildman–Crippen LogP) is 4.25. The van der Waals surface area contributed by atoms with Crippen molar-refractivity contribution in [2.75, 3.05) is 18.4 Å². The van der Waals surface area contributed by atoms with Crippen LogP contribution >= 0.6 is 0 Å². The lowest BCUT2D eigenvalue weighted by molar-refractivity contribution is 0.0929. The monoisotopic (exact) mass is 411 g/mol. The quantitative estimate of drug-likeness (QED) is 0.459. The molecule has 1 aliphatic rings. The van der Waals surface area contributed by atoms with Gasteiger partial charge in [0.2, 0.25) is 5.95 Å². The fraction of sp³-hybridized carbons (Fsp3) is 0.200. The van der Waals surface area contributed by atoms with Crippen LogP contribution in [0.4, 0.5) is 11.6 Å². The molecule has 1 aliphatic heterocycles. The van der Waals surface area contributed by atoms with Gasteiger partial charge in [-0.3, -0.25) is 9.36 Å². The van der Waals surface area contributed by atoms with E-state index in [0.717, 1.165) is 48.3 Å². The lowest BCUT2D eigenvalue weighted by atomic mass is 10.1. The Kier molecular flexibility index (Phi) is 5.37. The molecule has 5 rings (SSSR count). The van der Waals surface area contributed by atoms with Gasteiger partial charge in [-0.1, -0.05) is 36.4 Å².